The zero-order chi connectivity index (χ0) is 11.6. The molecule has 0 fully saturated rings. The third-order valence-corrected chi connectivity index (χ3v) is 2.93. The van der Waals surface area contributed by atoms with Crippen molar-refractivity contribution in [2.45, 2.75) is 33.6 Å². The Labute approximate surface area is 96.7 Å². The molecular formula is C11H19N3S. The van der Waals surface area contributed by atoms with Gasteiger partial charge >= 0.3 is 0 Å². The van der Waals surface area contributed by atoms with Gasteiger partial charge in [-0.3, -0.25) is 4.68 Å². The van der Waals surface area contributed by atoms with Gasteiger partial charge in [0, 0.05) is 19.2 Å². The number of nitrogens with two attached hydrogens (primary N) is 1. The van der Waals surface area contributed by atoms with Gasteiger partial charge in [0.1, 0.15) is 0 Å². The molecule has 0 aliphatic rings. The first-order chi connectivity index (χ1) is 6.91. The molecule has 3 nitrogen and oxygen atoms in total. The fourth-order valence-electron chi connectivity index (χ4n) is 1.88. The summed E-state index contributed by atoms with van der Waals surface area (Å²) in [5.74, 6) is 0.490. The van der Waals surface area contributed by atoms with E-state index in [2.05, 4.69) is 25.9 Å². The number of aromatic nitrogens is 2. The van der Waals surface area contributed by atoms with Crippen molar-refractivity contribution in [1.29, 1.82) is 0 Å². The Kier molecular flexibility index (Phi) is 3.85. The Balaban J connectivity index is 2.76. The van der Waals surface area contributed by atoms with Crippen LogP contribution in [0.4, 0.5) is 0 Å². The van der Waals surface area contributed by atoms with Crippen LogP contribution in [0, 0.1) is 19.8 Å². The first-order valence-corrected chi connectivity index (χ1v) is 5.60. The summed E-state index contributed by atoms with van der Waals surface area (Å²) < 4.78 is 1.93. The van der Waals surface area contributed by atoms with Crippen molar-refractivity contribution in [3.63, 3.8) is 0 Å². The summed E-state index contributed by atoms with van der Waals surface area (Å²) in [6.07, 6.45) is 1.81. The van der Waals surface area contributed by atoms with Crippen LogP contribution in [0.1, 0.15) is 30.3 Å². The highest BCUT2D eigenvalue weighted by molar-refractivity contribution is 7.80. The van der Waals surface area contributed by atoms with Gasteiger partial charge in [0.05, 0.1) is 10.7 Å². The lowest BCUT2D eigenvalue weighted by atomic mass is 9.97. The number of rotatable bonds is 4. The Morgan fingerprint density at radius 3 is 2.53 bits per heavy atom. The molecule has 1 rings (SSSR count). The van der Waals surface area contributed by atoms with E-state index < -0.39 is 0 Å². The van der Waals surface area contributed by atoms with E-state index in [0.717, 1.165) is 18.5 Å². The molecule has 2 N–H and O–H groups in total. The molecular weight excluding hydrogens is 206 g/mol. The minimum atomic E-state index is 0.490. The van der Waals surface area contributed by atoms with Crippen molar-refractivity contribution in [2.24, 2.45) is 18.7 Å². The van der Waals surface area contributed by atoms with Gasteiger partial charge in [-0.2, -0.15) is 5.10 Å². The highest BCUT2D eigenvalue weighted by atomic mass is 32.1. The predicted molar refractivity (Wildman–Crippen MR) is 67.0 cm³/mol. The molecule has 0 aromatic carbocycles. The number of thiocarbonyl (C=S) groups is 1. The summed E-state index contributed by atoms with van der Waals surface area (Å²) >= 11 is 4.92. The molecule has 1 atom stereocenters. The van der Waals surface area contributed by atoms with E-state index in [4.69, 9.17) is 18.0 Å². The Morgan fingerprint density at radius 2 is 2.13 bits per heavy atom. The van der Waals surface area contributed by atoms with Crippen molar-refractivity contribution < 1.29 is 0 Å². The van der Waals surface area contributed by atoms with Gasteiger partial charge in [-0.15, -0.1) is 0 Å². The zero-order valence-corrected chi connectivity index (χ0v) is 10.7. The van der Waals surface area contributed by atoms with E-state index in [1.807, 2.05) is 11.7 Å². The van der Waals surface area contributed by atoms with Gasteiger partial charge in [0.25, 0.3) is 0 Å². The van der Waals surface area contributed by atoms with Crippen LogP contribution >= 0.6 is 12.2 Å². The van der Waals surface area contributed by atoms with E-state index in [-0.39, 0.29) is 0 Å². The number of hydrogen-bond acceptors (Lipinski definition) is 2. The minimum absolute atomic E-state index is 0.490. The van der Waals surface area contributed by atoms with E-state index in [9.17, 15) is 0 Å². The van der Waals surface area contributed by atoms with E-state index in [1.165, 1.54) is 11.3 Å². The summed E-state index contributed by atoms with van der Waals surface area (Å²) in [6, 6.07) is 0. The van der Waals surface area contributed by atoms with Gasteiger partial charge in [-0.1, -0.05) is 19.1 Å². The van der Waals surface area contributed by atoms with Crippen LogP contribution in [0.2, 0.25) is 0 Å². The first kappa shape index (κ1) is 12.2. The topological polar surface area (TPSA) is 43.8 Å². The molecule has 0 aliphatic carbocycles. The molecule has 0 radical (unpaired) electrons. The van der Waals surface area contributed by atoms with Crippen LogP contribution in [0.25, 0.3) is 0 Å². The molecule has 0 aliphatic heterocycles. The molecule has 0 amide bonds. The van der Waals surface area contributed by atoms with Crippen molar-refractivity contribution >= 4 is 17.2 Å². The smallest absolute Gasteiger partial charge is 0.0730 e. The van der Waals surface area contributed by atoms with Gasteiger partial charge in [0.2, 0.25) is 0 Å². The lowest BCUT2D eigenvalue weighted by Gasteiger charge is -2.10. The predicted octanol–water partition coefficient (Wildman–Crippen LogP) is 1.89. The third kappa shape index (κ3) is 3.02. The Morgan fingerprint density at radius 1 is 1.53 bits per heavy atom. The highest BCUT2D eigenvalue weighted by Gasteiger charge is 2.13. The van der Waals surface area contributed by atoms with Crippen molar-refractivity contribution in [2.75, 3.05) is 0 Å². The zero-order valence-electron chi connectivity index (χ0n) is 9.87. The molecule has 0 saturated carbocycles. The molecule has 0 bridgehead atoms. The standard InChI is InChI=1S/C11H19N3S/c1-7(6-11(12)15)5-10-8(2)13-14(4)9(10)3/h7H,5-6H2,1-4H3,(H2,12,15). The summed E-state index contributed by atoms with van der Waals surface area (Å²) in [7, 11) is 1.98. The maximum Gasteiger partial charge on any atom is 0.0730 e. The molecule has 1 unspecified atom stereocenters. The fourth-order valence-corrected chi connectivity index (χ4v) is 2.16. The molecule has 0 spiro atoms. The second kappa shape index (κ2) is 4.75. The van der Waals surface area contributed by atoms with E-state index in [0.29, 0.717) is 10.9 Å². The molecule has 1 heterocycles. The maximum absolute atomic E-state index is 5.54. The van der Waals surface area contributed by atoms with Gasteiger partial charge < -0.3 is 5.73 Å². The van der Waals surface area contributed by atoms with Gasteiger partial charge in [-0.05, 0) is 31.7 Å². The average Bonchev–Trinajstić information content (AvgIpc) is 2.31. The lowest BCUT2D eigenvalue weighted by Crippen LogP contribution is -2.14. The second-order valence-corrected chi connectivity index (χ2v) is 4.78. The van der Waals surface area contributed by atoms with Crippen LogP contribution in [0.3, 0.4) is 0 Å². The van der Waals surface area contributed by atoms with Gasteiger partial charge in [0.15, 0.2) is 0 Å². The SMILES string of the molecule is Cc1nn(C)c(C)c1CC(C)CC(N)=S. The molecule has 15 heavy (non-hydrogen) atoms. The number of nitrogens with zero attached hydrogens (tertiary/aromatic N) is 2. The monoisotopic (exact) mass is 225 g/mol. The molecule has 84 valence electrons. The van der Waals surface area contributed by atoms with Crippen molar-refractivity contribution in [3.8, 4) is 0 Å². The van der Waals surface area contributed by atoms with Gasteiger partial charge in [-0.25, -0.2) is 0 Å². The molecule has 0 saturated heterocycles. The average molecular weight is 225 g/mol. The Hall–Kier alpha value is -0.900. The Bertz CT molecular complexity index is 368. The van der Waals surface area contributed by atoms with Crippen LogP contribution in [0.15, 0.2) is 0 Å². The summed E-state index contributed by atoms with van der Waals surface area (Å²) in [5, 5.41) is 4.40. The van der Waals surface area contributed by atoms with Crippen LogP contribution in [-0.4, -0.2) is 14.8 Å². The number of aryl methyl sites for hydroxylation is 2. The molecule has 1 aromatic rings. The summed E-state index contributed by atoms with van der Waals surface area (Å²) in [6.45, 7) is 6.32. The third-order valence-electron chi connectivity index (χ3n) is 2.76. The first-order valence-electron chi connectivity index (χ1n) is 5.19. The van der Waals surface area contributed by atoms with Crippen molar-refractivity contribution in [1.82, 2.24) is 9.78 Å². The summed E-state index contributed by atoms with van der Waals surface area (Å²) in [4.78, 5) is 0.599. The second-order valence-electron chi connectivity index (χ2n) is 4.25. The summed E-state index contributed by atoms with van der Waals surface area (Å²) in [5.41, 5.74) is 9.23. The van der Waals surface area contributed by atoms with Crippen LogP contribution in [0.5, 0.6) is 0 Å². The van der Waals surface area contributed by atoms with Crippen molar-refractivity contribution in [3.05, 3.63) is 17.0 Å². The maximum atomic E-state index is 5.54. The van der Waals surface area contributed by atoms with E-state index in [1.54, 1.807) is 0 Å². The largest absolute Gasteiger partial charge is 0.393 e. The lowest BCUT2D eigenvalue weighted by molar-refractivity contribution is 0.602. The molecule has 1 aromatic heterocycles. The minimum Gasteiger partial charge on any atom is -0.393 e. The highest BCUT2D eigenvalue weighted by Crippen LogP contribution is 2.18. The normalized spacial score (nSPS) is 12.8. The quantitative estimate of drug-likeness (QED) is 0.796. The number of hydrogen-bond donors (Lipinski definition) is 1. The van der Waals surface area contributed by atoms with Crippen LogP contribution < -0.4 is 5.73 Å². The fraction of sp³-hybridized carbons (Fsp3) is 0.636. The van der Waals surface area contributed by atoms with E-state index >= 15 is 0 Å². The molecule has 4 heteroatoms. The van der Waals surface area contributed by atoms with Crippen LogP contribution in [-0.2, 0) is 13.5 Å².